The van der Waals surface area contributed by atoms with Gasteiger partial charge in [-0.15, -0.1) is 0 Å². The second kappa shape index (κ2) is 9.72. The number of piperidine rings is 3. The first kappa shape index (κ1) is 22.8. The topological polar surface area (TPSA) is 85.4 Å². The number of carbonyl (C=O) groups excluding carboxylic acids is 3. The number of ether oxygens (including phenoxy) is 1. The van der Waals surface area contributed by atoms with E-state index >= 15 is 0 Å². The van der Waals surface area contributed by atoms with E-state index in [0.717, 1.165) is 38.9 Å². The Morgan fingerprint density at radius 3 is 2.59 bits per heavy atom. The Labute approximate surface area is 201 Å². The molecule has 3 atom stereocenters. The summed E-state index contributed by atoms with van der Waals surface area (Å²) >= 11 is 0. The van der Waals surface area contributed by atoms with Gasteiger partial charge in [-0.2, -0.15) is 0 Å². The average molecular weight is 470 g/mol. The van der Waals surface area contributed by atoms with E-state index in [1.54, 1.807) is 4.90 Å². The summed E-state index contributed by atoms with van der Waals surface area (Å²) in [7, 11) is 0. The number of nitrogens with zero attached hydrogens (tertiary/aromatic N) is 4. The molecule has 2 bridgehead atoms. The number of fused-ring (bicyclic) bond motifs is 4. The van der Waals surface area contributed by atoms with E-state index < -0.39 is 0 Å². The molecular formula is C25H35N5O4. The van der Waals surface area contributed by atoms with E-state index in [1.807, 2.05) is 41.0 Å². The van der Waals surface area contributed by atoms with Gasteiger partial charge in [0.1, 0.15) is 5.75 Å². The van der Waals surface area contributed by atoms with Gasteiger partial charge in [-0.1, -0.05) is 12.1 Å². The van der Waals surface area contributed by atoms with Crippen molar-refractivity contribution in [2.75, 3.05) is 57.7 Å². The maximum Gasteiger partial charge on any atom is 0.322 e. The fraction of sp³-hybridized carbons (Fsp3) is 0.640. The number of benzene rings is 1. The molecule has 4 heterocycles. The first-order valence-corrected chi connectivity index (χ1v) is 12.6. The molecule has 184 valence electrons. The Morgan fingerprint density at radius 1 is 1.03 bits per heavy atom. The van der Waals surface area contributed by atoms with Crippen LogP contribution in [0.3, 0.4) is 0 Å². The van der Waals surface area contributed by atoms with Gasteiger partial charge in [0.25, 0.3) is 0 Å². The molecule has 5 rings (SSSR count). The third kappa shape index (κ3) is 4.52. The highest BCUT2D eigenvalue weighted by Gasteiger charge is 2.45. The van der Waals surface area contributed by atoms with E-state index in [4.69, 9.17) is 4.74 Å². The van der Waals surface area contributed by atoms with Crippen LogP contribution in [-0.2, 0) is 4.79 Å². The number of carbonyl (C=O) groups is 3. The lowest BCUT2D eigenvalue weighted by atomic mass is 9.76. The zero-order valence-corrected chi connectivity index (χ0v) is 19.9. The highest BCUT2D eigenvalue weighted by molar-refractivity contribution is 5.91. The fourth-order valence-electron chi connectivity index (χ4n) is 6.11. The third-order valence-electron chi connectivity index (χ3n) is 7.72. The van der Waals surface area contributed by atoms with Crippen molar-refractivity contribution in [1.29, 1.82) is 0 Å². The molecule has 4 aliphatic rings. The number of likely N-dealkylation sites (tertiary alicyclic amines) is 1. The summed E-state index contributed by atoms with van der Waals surface area (Å²) in [5, 5.41) is 2.95. The van der Waals surface area contributed by atoms with Gasteiger partial charge in [0.05, 0.1) is 12.3 Å². The third-order valence-corrected chi connectivity index (χ3v) is 7.72. The molecule has 4 saturated heterocycles. The summed E-state index contributed by atoms with van der Waals surface area (Å²) in [6.45, 7) is 6.74. The minimum atomic E-state index is -0.172. The first-order chi connectivity index (χ1) is 16.5. The van der Waals surface area contributed by atoms with Crippen molar-refractivity contribution in [2.24, 2.45) is 11.8 Å². The van der Waals surface area contributed by atoms with Crippen molar-refractivity contribution in [2.45, 2.75) is 38.6 Å². The Kier molecular flexibility index (Phi) is 6.52. The molecule has 9 nitrogen and oxygen atoms in total. The van der Waals surface area contributed by atoms with Crippen molar-refractivity contribution in [3.63, 3.8) is 0 Å². The molecule has 2 unspecified atom stereocenters. The number of hydrogen-bond donors (Lipinski definition) is 1. The van der Waals surface area contributed by atoms with E-state index in [1.165, 1.54) is 0 Å². The lowest BCUT2D eigenvalue weighted by molar-refractivity contribution is -0.144. The summed E-state index contributed by atoms with van der Waals surface area (Å²) in [6.07, 6.45) is 3.82. The molecule has 9 heteroatoms. The average Bonchev–Trinajstić information content (AvgIpc) is 2.85. The van der Waals surface area contributed by atoms with Crippen LogP contribution in [0.1, 0.15) is 32.6 Å². The molecule has 0 spiro atoms. The predicted molar refractivity (Wildman–Crippen MR) is 128 cm³/mol. The standard InChI is InChI=1S/C25H35N5O4/c1-2-34-22-8-4-3-6-20(22)26-24(32)27-10-12-28(13-11-27)25(33)29-15-18-14-19(17-29)21-7-5-9-23(31)30(21)16-18/h3-4,6,8,18-19,21H,2,5,7,9-17H2,1H3,(H,26,32)/t18?,19?,21-/m1/s1. The van der Waals surface area contributed by atoms with Gasteiger partial charge in [0, 0.05) is 58.3 Å². The number of para-hydroxylation sites is 2. The van der Waals surface area contributed by atoms with E-state index in [0.29, 0.717) is 74.4 Å². The van der Waals surface area contributed by atoms with Crippen LogP contribution in [-0.4, -0.2) is 96.0 Å². The largest absolute Gasteiger partial charge is 0.492 e. The molecule has 1 aromatic carbocycles. The molecule has 4 aliphatic heterocycles. The molecular weight excluding hydrogens is 434 g/mol. The van der Waals surface area contributed by atoms with Crippen LogP contribution in [0, 0.1) is 11.8 Å². The summed E-state index contributed by atoms with van der Waals surface area (Å²) in [4.78, 5) is 46.2. The molecule has 0 radical (unpaired) electrons. The zero-order chi connectivity index (χ0) is 23.7. The number of anilines is 1. The van der Waals surface area contributed by atoms with Gasteiger partial charge in [0.15, 0.2) is 0 Å². The van der Waals surface area contributed by atoms with Crippen LogP contribution < -0.4 is 10.1 Å². The van der Waals surface area contributed by atoms with Gasteiger partial charge >= 0.3 is 12.1 Å². The predicted octanol–water partition coefficient (Wildman–Crippen LogP) is 2.69. The smallest absolute Gasteiger partial charge is 0.322 e. The summed E-state index contributed by atoms with van der Waals surface area (Å²) < 4.78 is 5.60. The zero-order valence-electron chi connectivity index (χ0n) is 19.9. The lowest BCUT2D eigenvalue weighted by Crippen LogP contribution is -2.63. The van der Waals surface area contributed by atoms with Crippen molar-refractivity contribution in [3.05, 3.63) is 24.3 Å². The van der Waals surface area contributed by atoms with Crippen molar-refractivity contribution in [1.82, 2.24) is 19.6 Å². The number of piperazine rings is 1. The van der Waals surface area contributed by atoms with Crippen LogP contribution in [0.2, 0.25) is 0 Å². The Hall–Kier alpha value is -2.97. The Morgan fingerprint density at radius 2 is 1.79 bits per heavy atom. The van der Waals surface area contributed by atoms with Gasteiger partial charge in [-0.25, -0.2) is 9.59 Å². The van der Waals surface area contributed by atoms with Crippen LogP contribution in [0.5, 0.6) is 5.75 Å². The first-order valence-electron chi connectivity index (χ1n) is 12.6. The van der Waals surface area contributed by atoms with Crippen molar-refractivity contribution >= 4 is 23.7 Å². The second-order valence-corrected chi connectivity index (χ2v) is 9.89. The highest BCUT2D eigenvalue weighted by Crippen LogP contribution is 2.38. The van der Waals surface area contributed by atoms with E-state index in [9.17, 15) is 14.4 Å². The van der Waals surface area contributed by atoms with Gasteiger partial charge in [-0.05, 0) is 50.2 Å². The normalized spacial score (nSPS) is 26.7. The van der Waals surface area contributed by atoms with Crippen molar-refractivity contribution < 1.29 is 19.1 Å². The van der Waals surface area contributed by atoms with E-state index in [-0.39, 0.29) is 12.1 Å². The number of hydrogen-bond acceptors (Lipinski definition) is 4. The van der Waals surface area contributed by atoms with Crippen LogP contribution in [0.25, 0.3) is 0 Å². The molecule has 1 aromatic rings. The Bertz CT molecular complexity index is 932. The quantitative estimate of drug-likeness (QED) is 0.738. The monoisotopic (exact) mass is 469 g/mol. The highest BCUT2D eigenvalue weighted by atomic mass is 16.5. The number of amides is 5. The van der Waals surface area contributed by atoms with E-state index in [2.05, 4.69) is 10.2 Å². The minimum absolute atomic E-state index is 0.0760. The summed E-state index contributed by atoms with van der Waals surface area (Å²) in [5.74, 6) is 1.71. The van der Waals surface area contributed by atoms with Crippen LogP contribution in [0.15, 0.2) is 24.3 Å². The summed E-state index contributed by atoms with van der Waals surface area (Å²) in [6, 6.07) is 7.62. The molecule has 1 N–H and O–H groups in total. The van der Waals surface area contributed by atoms with Gasteiger partial charge < -0.3 is 29.7 Å². The van der Waals surface area contributed by atoms with Gasteiger partial charge in [-0.3, -0.25) is 4.79 Å². The fourth-order valence-corrected chi connectivity index (χ4v) is 6.11. The SMILES string of the molecule is CCOc1ccccc1NC(=O)N1CCN(C(=O)N2CC3CC(C2)[C@H]2CCCC(=O)N2C3)CC1. The van der Waals surface area contributed by atoms with Crippen LogP contribution in [0.4, 0.5) is 15.3 Å². The Balaban J connectivity index is 1.14. The second-order valence-electron chi connectivity index (χ2n) is 9.89. The molecule has 0 saturated carbocycles. The molecule has 4 fully saturated rings. The molecule has 5 amide bonds. The maximum atomic E-state index is 13.3. The summed E-state index contributed by atoms with van der Waals surface area (Å²) in [5.41, 5.74) is 0.656. The number of nitrogens with one attached hydrogen (secondary N) is 1. The maximum absolute atomic E-state index is 13.3. The molecule has 0 aromatic heterocycles. The lowest BCUT2D eigenvalue weighted by Gasteiger charge is -2.53. The van der Waals surface area contributed by atoms with Gasteiger partial charge in [0.2, 0.25) is 5.91 Å². The minimum Gasteiger partial charge on any atom is -0.492 e. The number of urea groups is 2. The van der Waals surface area contributed by atoms with Crippen LogP contribution >= 0.6 is 0 Å². The molecule has 34 heavy (non-hydrogen) atoms. The molecule has 0 aliphatic carbocycles. The van der Waals surface area contributed by atoms with Crippen molar-refractivity contribution in [3.8, 4) is 5.75 Å². The number of rotatable bonds is 3.